The number of hydrogen-bond donors (Lipinski definition) is 0. The Morgan fingerprint density at radius 1 is 0.253 bits per heavy atom. The maximum Gasteiger partial charge on any atom is 0.238 e. The Bertz CT molecular complexity index is 5180. The molecule has 0 amide bonds. The van der Waals surface area contributed by atoms with E-state index in [4.69, 9.17) is 36.0 Å². The van der Waals surface area contributed by atoms with Gasteiger partial charge in [-0.25, -0.2) is 9.97 Å². The molecule has 0 spiro atoms. The van der Waals surface area contributed by atoms with Crippen LogP contribution in [0.15, 0.2) is 271 Å². The number of furan rings is 1. The second-order valence-electron chi connectivity index (χ2n) is 20.7. The summed E-state index contributed by atoms with van der Waals surface area (Å²) in [6.07, 6.45) is 0. The second-order valence-corrected chi connectivity index (χ2v) is 21.0. The lowest BCUT2D eigenvalue weighted by Crippen LogP contribution is -2.07. The van der Waals surface area contributed by atoms with Crippen LogP contribution in [0.25, 0.3) is 161 Å². The van der Waals surface area contributed by atoms with Crippen molar-refractivity contribution in [2.75, 3.05) is 0 Å². The minimum Gasteiger partial charge on any atom is -0.456 e. The smallest absolute Gasteiger partial charge is 0.238 e. The fourth-order valence-corrected chi connectivity index (χ4v) is 12.1. The molecule has 0 radical (unpaired) electrons. The average molecular weight is 1080 g/mol. The molecule has 0 aliphatic carbocycles. The van der Waals surface area contributed by atoms with Gasteiger partial charge in [-0.3, -0.25) is 4.57 Å². The minimum atomic E-state index is 0.160. The van der Waals surface area contributed by atoms with Gasteiger partial charge in [0.05, 0.1) is 11.0 Å². The van der Waals surface area contributed by atoms with Gasteiger partial charge in [0.2, 0.25) is 11.2 Å². The highest BCUT2D eigenvalue weighted by molar-refractivity contribution is 6.33. The lowest BCUT2D eigenvalue weighted by Gasteiger charge is -2.15. The summed E-state index contributed by atoms with van der Waals surface area (Å²) in [4.78, 5) is 29.7. The third kappa shape index (κ3) is 8.30. The molecule has 0 N–H and O–H groups in total. The molecule has 9 heteroatoms. The van der Waals surface area contributed by atoms with Crippen LogP contribution in [-0.4, -0.2) is 34.5 Å². The molecule has 0 aliphatic rings. The Morgan fingerprint density at radius 3 is 1.16 bits per heavy atom. The van der Waals surface area contributed by atoms with Crippen molar-refractivity contribution in [3.8, 4) is 96.0 Å². The lowest BCUT2D eigenvalue weighted by atomic mass is 9.95. The number of para-hydroxylation sites is 2. The summed E-state index contributed by atoms with van der Waals surface area (Å²) in [5, 5.41) is 9.15. The summed E-state index contributed by atoms with van der Waals surface area (Å²) >= 11 is 6.36. The standard InChI is InChI=1S/C74H44ClN7O/c75-73-78-69(51-15-3-1-4-16-51)76-70(79-73)53-41-37-49(38-42-53)47-33-29-45(30-34-47)46-31-35-48(36-32-46)50-39-43-54(44-40-50)72-77-71(52-17-5-2-6-18-52)80-74(81-72)82-67-60(58-24-14-28-64-65(58)61-23-11-12-27-63(61)83-64)25-13-26-62(67)66-57-21-9-7-19-55(57)56-20-8-10-22-59(56)68(66)82/h1-44H. The quantitative estimate of drug-likeness (QED) is 0.133. The fourth-order valence-electron chi connectivity index (χ4n) is 12.0. The number of aromatic nitrogens is 7. The molecular formula is C74H44ClN7O. The second kappa shape index (κ2) is 19.7. The third-order valence-corrected chi connectivity index (χ3v) is 16.1. The summed E-state index contributed by atoms with van der Waals surface area (Å²) < 4.78 is 8.80. The summed E-state index contributed by atoms with van der Waals surface area (Å²) in [6, 6.07) is 92.9. The van der Waals surface area contributed by atoms with Crippen molar-refractivity contribution in [1.29, 1.82) is 0 Å². The molecule has 83 heavy (non-hydrogen) atoms. The Morgan fingerprint density at radius 2 is 0.627 bits per heavy atom. The number of halogens is 1. The minimum absolute atomic E-state index is 0.160. The van der Waals surface area contributed by atoms with E-state index in [0.717, 1.165) is 127 Å². The Hall–Kier alpha value is -10.9. The molecule has 0 fully saturated rings. The van der Waals surface area contributed by atoms with Gasteiger partial charge in [0.25, 0.3) is 0 Å². The van der Waals surface area contributed by atoms with Gasteiger partial charge in [0.1, 0.15) is 11.2 Å². The largest absolute Gasteiger partial charge is 0.456 e. The van der Waals surface area contributed by atoms with Gasteiger partial charge in [0, 0.05) is 54.7 Å². The first-order valence-corrected chi connectivity index (χ1v) is 27.9. The van der Waals surface area contributed by atoms with Gasteiger partial charge < -0.3 is 4.42 Å². The van der Waals surface area contributed by atoms with Crippen LogP contribution in [0.1, 0.15) is 0 Å². The van der Waals surface area contributed by atoms with Crippen LogP contribution in [0.4, 0.5) is 0 Å². The number of nitrogens with zero attached hydrogens (tertiary/aromatic N) is 7. The van der Waals surface area contributed by atoms with E-state index in [0.29, 0.717) is 29.2 Å². The normalized spacial score (nSPS) is 11.7. The summed E-state index contributed by atoms with van der Waals surface area (Å²) in [5.74, 6) is 2.75. The Balaban J connectivity index is 0.766. The molecule has 4 heterocycles. The summed E-state index contributed by atoms with van der Waals surface area (Å²) in [5.41, 5.74) is 16.0. The fraction of sp³-hybridized carbons (Fsp3) is 0. The molecule has 0 saturated carbocycles. The van der Waals surface area contributed by atoms with Crippen LogP contribution >= 0.6 is 11.6 Å². The van der Waals surface area contributed by atoms with E-state index in [9.17, 15) is 0 Å². The van der Waals surface area contributed by atoms with Gasteiger partial charge in [-0.1, -0.05) is 255 Å². The molecule has 8 nitrogen and oxygen atoms in total. The molecule has 16 rings (SSSR count). The first-order valence-electron chi connectivity index (χ1n) is 27.5. The van der Waals surface area contributed by atoms with E-state index in [1.165, 1.54) is 5.39 Å². The van der Waals surface area contributed by atoms with Gasteiger partial charge >= 0.3 is 0 Å². The molecule has 0 bridgehead atoms. The molecule has 388 valence electrons. The molecule has 0 aliphatic heterocycles. The lowest BCUT2D eigenvalue weighted by molar-refractivity contribution is 0.669. The predicted octanol–water partition coefficient (Wildman–Crippen LogP) is 19.3. The average Bonchev–Trinajstić information content (AvgIpc) is 3.09. The van der Waals surface area contributed by atoms with Gasteiger partial charge in [-0.15, -0.1) is 0 Å². The van der Waals surface area contributed by atoms with Crippen LogP contribution in [-0.2, 0) is 0 Å². The maximum atomic E-state index is 6.50. The first kappa shape index (κ1) is 48.0. The zero-order valence-electron chi connectivity index (χ0n) is 44.3. The molecule has 16 aromatic rings. The van der Waals surface area contributed by atoms with E-state index in [1.54, 1.807) is 0 Å². The predicted molar refractivity (Wildman–Crippen MR) is 338 cm³/mol. The van der Waals surface area contributed by atoms with Crippen molar-refractivity contribution in [2.24, 2.45) is 0 Å². The maximum absolute atomic E-state index is 6.50. The highest BCUT2D eigenvalue weighted by atomic mass is 35.5. The van der Waals surface area contributed by atoms with Crippen LogP contribution in [0.5, 0.6) is 0 Å². The number of rotatable bonds is 9. The van der Waals surface area contributed by atoms with E-state index in [-0.39, 0.29) is 5.28 Å². The van der Waals surface area contributed by atoms with Crippen molar-refractivity contribution < 1.29 is 4.42 Å². The molecule has 12 aromatic carbocycles. The van der Waals surface area contributed by atoms with Crippen LogP contribution in [0.2, 0.25) is 5.28 Å². The van der Waals surface area contributed by atoms with Gasteiger partial charge in [-0.2, -0.15) is 19.9 Å². The molecule has 4 aromatic heterocycles. The van der Waals surface area contributed by atoms with E-state index in [2.05, 4.69) is 209 Å². The molecule has 0 atom stereocenters. The van der Waals surface area contributed by atoms with Crippen molar-refractivity contribution in [3.63, 3.8) is 0 Å². The first-order chi connectivity index (χ1) is 41.0. The summed E-state index contributed by atoms with van der Waals surface area (Å²) in [7, 11) is 0. The van der Waals surface area contributed by atoms with E-state index in [1.807, 2.05) is 72.8 Å². The van der Waals surface area contributed by atoms with Gasteiger partial charge in [0.15, 0.2) is 23.3 Å². The number of benzene rings is 12. The highest BCUT2D eigenvalue weighted by Gasteiger charge is 2.26. The molecular weight excluding hydrogens is 1040 g/mol. The number of fused-ring (bicyclic) bond motifs is 11. The van der Waals surface area contributed by atoms with Crippen molar-refractivity contribution in [1.82, 2.24) is 34.5 Å². The molecule has 0 saturated heterocycles. The summed E-state index contributed by atoms with van der Waals surface area (Å²) in [6.45, 7) is 0. The zero-order valence-corrected chi connectivity index (χ0v) is 45.1. The van der Waals surface area contributed by atoms with Crippen molar-refractivity contribution in [3.05, 3.63) is 272 Å². The third-order valence-electron chi connectivity index (χ3n) is 15.9. The van der Waals surface area contributed by atoms with E-state index >= 15 is 0 Å². The topological polar surface area (TPSA) is 95.4 Å². The zero-order chi connectivity index (χ0) is 55.0. The Kier molecular flexibility index (Phi) is 11.4. The van der Waals surface area contributed by atoms with Crippen molar-refractivity contribution >= 4 is 76.9 Å². The van der Waals surface area contributed by atoms with Gasteiger partial charge in [-0.05, 0) is 78.8 Å². The van der Waals surface area contributed by atoms with E-state index < -0.39 is 0 Å². The number of hydrogen-bond acceptors (Lipinski definition) is 7. The Labute approximate surface area is 481 Å². The van der Waals surface area contributed by atoms with Crippen molar-refractivity contribution in [2.45, 2.75) is 0 Å². The van der Waals surface area contributed by atoms with Crippen LogP contribution in [0.3, 0.4) is 0 Å². The highest BCUT2D eigenvalue weighted by Crippen LogP contribution is 2.47. The molecule has 0 unspecified atom stereocenters. The monoisotopic (exact) mass is 1080 g/mol. The van der Waals surface area contributed by atoms with Crippen LogP contribution in [0, 0.1) is 0 Å². The SMILES string of the molecule is Clc1nc(-c2ccccc2)nc(-c2ccc(-c3ccc(-c4ccc(-c5ccc(-c6nc(-c7ccccc7)nc(-n7c8c(-c9cccc%10oc%11ccccc%11c9%10)cccc8c8c9ccccc9c9ccccc9c87)n6)cc5)cc4)cc3)cc2)n1. The van der Waals surface area contributed by atoms with Crippen LogP contribution < -0.4 is 0 Å².